The number of carbonyl (C=O) groups is 2. The molecule has 1 aliphatic rings. The fourth-order valence-corrected chi connectivity index (χ4v) is 1.97. The van der Waals surface area contributed by atoms with Crippen LogP contribution in [0.3, 0.4) is 0 Å². The van der Waals surface area contributed by atoms with E-state index in [9.17, 15) is 14.0 Å². The first-order valence-corrected chi connectivity index (χ1v) is 6.21. The molecule has 0 atom stereocenters. The molecule has 1 aromatic heterocycles. The summed E-state index contributed by atoms with van der Waals surface area (Å²) in [6.07, 6.45) is 1.46. The zero-order valence-corrected chi connectivity index (χ0v) is 11.1. The van der Waals surface area contributed by atoms with Crippen molar-refractivity contribution in [2.24, 2.45) is 0 Å². The van der Waals surface area contributed by atoms with Crippen molar-refractivity contribution in [3.63, 3.8) is 0 Å². The van der Waals surface area contributed by atoms with Gasteiger partial charge in [0.2, 0.25) is 0 Å². The Balaban J connectivity index is 1.87. The van der Waals surface area contributed by atoms with Crippen molar-refractivity contribution in [2.45, 2.75) is 0 Å². The van der Waals surface area contributed by atoms with Crippen LogP contribution in [0.2, 0.25) is 0 Å². The summed E-state index contributed by atoms with van der Waals surface area (Å²) in [6.45, 7) is 0. The quantitative estimate of drug-likeness (QED) is 0.682. The first kappa shape index (κ1) is 13.1. The van der Waals surface area contributed by atoms with Crippen LogP contribution < -0.4 is 5.32 Å². The second kappa shape index (κ2) is 4.90. The highest BCUT2D eigenvalue weighted by atomic mass is 19.1. The van der Waals surface area contributed by atoms with Gasteiger partial charge in [0.05, 0.1) is 0 Å². The molecule has 2 heterocycles. The van der Waals surface area contributed by atoms with Crippen molar-refractivity contribution in [3.8, 4) is 11.3 Å². The number of amides is 3. The predicted octanol–water partition coefficient (Wildman–Crippen LogP) is 2.61. The van der Waals surface area contributed by atoms with E-state index in [4.69, 9.17) is 4.42 Å². The summed E-state index contributed by atoms with van der Waals surface area (Å²) in [4.78, 5) is 24.0. The molecule has 106 valence electrons. The number of nitrogens with one attached hydrogen (secondary N) is 1. The topological polar surface area (TPSA) is 62.6 Å². The molecule has 1 N–H and O–H groups in total. The van der Waals surface area contributed by atoms with E-state index >= 15 is 0 Å². The molecule has 2 aromatic rings. The first-order valence-electron chi connectivity index (χ1n) is 6.21. The minimum absolute atomic E-state index is 0.155. The van der Waals surface area contributed by atoms with Crippen molar-refractivity contribution < 1.29 is 18.4 Å². The van der Waals surface area contributed by atoms with Gasteiger partial charge in [-0.15, -0.1) is 0 Å². The number of nitrogens with zero attached hydrogens (tertiary/aromatic N) is 1. The number of likely N-dealkylation sites (N-methyl/N-ethyl adjacent to an activating group) is 1. The van der Waals surface area contributed by atoms with Crippen LogP contribution in [0.4, 0.5) is 9.18 Å². The maximum absolute atomic E-state index is 12.9. The van der Waals surface area contributed by atoms with Gasteiger partial charge in [-0.2, -0.15) is 0 Å². The number of rotatable bonds is 2. The third kappa shape index (κ3) is 2.43. The number of carbonyl (C=O) groups excluding carboxylic acids is 2. The SMILES string of the molecule is CN1C(=O)N/C(=C/c2ccc(-c3ccc(F)cc3)o2)C1=O. The summed E-state index contributed by atoms with van der Waals surface area (Å²) in [5.41, 5.74) is 0.877. The number of urea groups is 1. The van der Waals surface area contributed by atoms with Gasteiger partial charge in [-0.05, 0) is 36.4 Å². The van der Waals surface area contributed by atoms with Gasteiger partial charge in [-0.1, -0.05) is 0 Å². The molecule has 21 heavy (non-hydrogen) atoms. The van der Waals surface area contributed by atoms with Crippen molar-refractivity contribution in [1.29, 1.82) is 0 Å². The molecule has 0 aliphatic carbocycles. The number of hydrogen-bond donors (Lipinski definition) is 1. The maximum Gasteiger partial charge on any atom is 0.328 e. The van der Waals surface area contributed by atoms with Gasteiger partial charge >= 0.3 is 6.03 Å². The number of halogens is 1. The van der Waals surface area contributed by atoms with E-state index in [1.807, 2.05) is 0 Å². The minimum Gasteiger partial charge on any atom is -0.457 e. The molecule has 0 saturated carbocycles. The zero-order chi connectivity index (χ0) is 15.0. The van der Waals surface area contributed by atoms with Crippen LogP contribution in [0.25, 0.3) is 17.4 Å². The van der Waals surface area contributed by atoms with E-state index in [2.05, 4.69) is 5.32 Å². The Morgan fingerprint density at radius 1 is 1.14 bits per heavy atom. The molecule has 1 aromatic carbocycles. The lowest BCUT2D eigenvalue weighted by atomic mass is 10.2. The molecule has 0 unspecified atom stereocenters. The lowest BCUT2D eigenvalue weighted by Gasteiger charge is -1.99. The smallest absolute Gasteiger partial charge is 0.328 e. The lowest BCUT2D eigenvalue weighted by Crippen LogP contribution is -2.25. The maximum atomic E-state index is 12.9. The molecule has 3 rings (SSSR count). The van der Waals surface area contributed by atoms with Crippen LogP contribution in [0, 0.1) is 5.82 Å². The summed E-state index contributed by atoms with van der Waals surface area (Å²) in [6, 6.07) is 8.78. The molecule has 3 amide bonds. The number of imide groups is 1. The molecular weight excluding hydrogens is 275 g/mol. The Morgan fingerprint density at radius 2 is 1.86 bits per heavy atom. The van der Waals surface area contributed by atoms with Gasteiger partial charge in [0.25, 0.3) is 5.91 Å². The van der Waals surface area contributed by atoms with Crippen molar-refractivity contribution in [3.05, 3.63) is 53.7 Å². The summed E-state index contributed by atoms with van der Waals surface area (Å²) in [7, 11) is 1.39. The fourth-order valence-electron chi connectivity index (χ4n) is 1.97. The normalized spacial score (nSPS) is 16.7. The fraction of sp³-hybridized carbons (Fsp3) is 0.0667. The molecule has 0 bridgehead atoms. The highest BCUT2D eigenvalue weighted by molar-refractivity contribution is 6.13. The van der Waals surface area contributed by atoms with Gasteiger partial charge in [-0.3, -0.25) is 9.69 Å². The number of furan rings is 1. The highest BCUT2D eigenvalue weighted by Crippen LogP contribution is 2.24. The largest absolute Gasteiger partial charge is 0.457 e. The summed E-state index contributed by atoms with van der Waals surface area (Å²) < 4.78 is 18.4. The predicted molar refractivity (Wildman–Crippen MR) is 73.4 cm³/mol. The van der Waals surface area contributed by atoms with Gasteiger partial charge in [-0.25, -0.2) is 9.18 Å². The van der Waals surface area contributed by atoms with Crippen LogP contribution in [0.15, 0.2) is 46.5 Å². The van der Waals surface area contributed by atoms with E-state index in [0.717, 1.165) is 10.5 Å². The third-order valence-electron chi connectivity index (χ3n) is 3.12. The van der Waals surface area contributed by atoms with Gasteiger partial charge < -0.3 is 9.73 Å². The average molecular weight is 286 g/mol. The molecule has 5 nitrogen and oxygen atoms in total. The average Bonchev–Trinajstić information content (AvgIpc) is 3.02. The van der Waals surface area contributed by atoms with Gasteiger partial charge in [0.15, 0.2) is 0 Å². The Labute approximate surface area is 119 Å². The van der Waals surface area contributed by atoms with Gasteiger partial charge in [0.1, 0.15) is 23.0 Å². The van der Waals surface area contributed by atoms with Crippen LogP contribution in [-0.4, -0.2) is 23.9 Å². The Kier molecular flexibility index (Phi) is 3.06. The van der Waals surface area contributed by atoms with E-state index in [-0.39, 0.29) is 11.5 Å². The van der Waals surface area contributed by atoms with E-state index < -0.39 is 11.9 Å². The zero-order valence-electron chi connectivity index (χ0n) is 11.1. The molecule has 1 saturated heterocycles. The molecular formula is C15H11FN2O3. The second-order valence-electron chi connectivity index (χ2n) is 4.56. The third-order valence-corrected chi connectivity index (χ3v) is 3.12. The summed E-state index contributed by atoms with van der Waals surface area (Å²) in [5.74, 6) is 0.231. The van der Waals surface area contributed by atoms with E-state index in [1.54, 1.807) is 24.3 Å². The summed E-state index contributed by atoms with van der Waals surface area (Å²) >= 11 is 0. The monoisotopic (exact) mass is 286 g/mol. The Bertz CT molecular complexity index is 747. The first-order chi connectivity index (χ1) is 10.0. The molecule has 0 radical (unpaired) electrons. The minimum atomic E-state index is -0.475. The second-order valence-corrected chi connectivity index (χ2v) is 4.56. The van der Waals surface area contributed by atoms with Crippen LogP contribution in [0.1, 0.15) is 5.76 Å². The van der Waals surface area contributed by atoms with E-state index in [0.29, 0.717) is 11.5 Å². The molecule has 1 fully saturated rings. The summed E-state index contributed by atoms with van der Waals surface area (Å²) in [5, 5.41) is 2.45. The van der Waals surface area contributed by atoms with Crippen LogP contribution >= 0.6 is 0 Å². The van der Waals surface area contributed by atoms with Crippen LogP contribution in [0.5, 0.6) is 0 Å². The van der Waals surface area contributed by atoms with Crippen LogP contribution in [-0.2, 0) is 4.79 Å². The van der Waals surface area contributed by atoms with Gasteiger partial charge in [0, 0.05) is 18.7 Å². The van der Waals surface area contributed by atoms with E-state index in [1.165, 1.54) is 25.3 Å². The van der Waals surface area contributed by atoms with Crippen molar-refractivity contribution in [2.75, 3.05) is 7.05 Å². The van der Waals surface area contributed by atoms with Crippen molar-refractivity contribution >= 4 is 18.0 Å². The number of benzene rings is 1. The highest BCUT2D eigenvalue weighted by Gasteiger charge is 2.30. The Hall–Kier alpha value is -2.89. The molecule has 0 spiro atoms. The lowest BCUT2D eigenvalue weighted by molar-refractivity contribution is -0.121. The molecule has 6 heteroatoms. The van der Waals surface area contributed by atoms with Crippen molar-refractivity contribution in [1.82, 2.24) is 10.2 Å². The number of hydrogen-bond acceptors (Lipinski definition) is 3. The molecule has 1 aliphatic heterocycles. The standard InChI is InChI=1S/C15H11FN2O3/c1-18-14(19)12(17-15(18)20)8-11-6-7-13(21-11)9-2-4-10(16)5-3-9/h2-8H,1H3,(H,17,20)/b12-8+. The Morgan fingerprint density at radius 3 is 2.48 bits per heavy atom.